The van der Waals surface area contributed by atoms with Crippen molar-refractivity contribution in [3.63, 3.8) is 0 Å². The number of nitrogens with zero attached hydrogens (tertiary/aromatic N) is 2. The van der Waals surface area contributed by atoms with E-state index >= 15 is 0 Å². The first-order valence-electron chi connectivity index (χ1n) is 10.5. The van der Waals surface area contributed by atoms with Gasteiger partial charge < -0.3 is 24.4 Å². The number of aromatic amines is 1. The summed E-state index contributed by atoms with van der Waals surface area (Å²) < 4.78 is 17.1. The van der Waals surface area contributed by atoms with E-state index in [0.717, 1.165) is 34.7 Å². The fourth-order valence-electron chi connectivity index (χ4n) is 3.60. The van der Waals surface area contributed by atoms with Crippen LogP contribution in [-0.2, 0) is 11.2 Å². The molecule has 3 aromatic rings. The standard InChI is InChI=1S/C24H28N4O4/c1-28(2)8-9-31-23-12-19(4-6-21(23)18-13-25-26-14-18)27-24(29)17-10-16-11-20(30-3)5-7-22(16)32-15-17/h4-7,11-14,17H,8-10,15H2,1-3H3,(H,25,26)(H,27,29). The van der Waals surface area contributed by atoms with Crippen LogP contribution in [0.3, 0.4) is 0 Å². The summed E-state index contributed by atoms with van der Waals surface area (Å²) in [7, 11) is 5.62. The molecule has 0 radical (unpaired) electrons. The molecule has 32 heavy (non-hydrogen) atoms. The van der Waals surface area contributed by atoms with Crippen LogP contribution in [0.5, 0.6) is 17.2 Å². The summed E-state index contributed by atoms with van der Waals surface area (Å²) in [5.74, 6) is 1.87. The zero-order valence-corrected chi connectivity index (χ0v) is 18.6. The van der Waals surface area contributed by atoms with Crippen LogP contribution in [0.15, 0.2) is 48.8 Å². The van der Waals surface area contributed by atoms with Crippen molar-refractivity contribution in [2.24, 2.45) is 5.92 Å². The van der Waals surface area contributed by atoms with Gasteiger partial charge in [0.15, 0.2) is 0 Å². The number of fused-ring (bicyclic) bond motifs is 1. The van der Waals surface area contributed by atoms with Crippen LogP contribution in [0.25, 0.3) is 11.1 Å². The second kappa shape index (κ2) is 9.74. The number of ether oxygens (including phenoxy) is 3. The maximum Gasteiger partial charge on any atom is 0.231 e. The molecule has 1 amide bonds. The van der Waals surface area contributed by atoms with Gasteiger partial charge in [0.05, 0.1) is 19.2 Å². The highest BCUT2D eigenvalue weighted by atomic mass is 16.5. The van der Waals surface area contributed by atoms with Crippen LogP contribution in [0, 0.1) is 5.92 Å². The smallest absolute Gasteiger partial charge is 0.231 e. The van der Waals surface area contributed by atoms with Gasteiger partial charge in [0.25, 0.3) is 0 Å². The lowest BCUT2D eigenvalue weighted by Crippen LogP contribution is -2.32. The van der Waals surface area contributed by atoms with Crippen LogP contribution in [0.1, 0.15) is 5.56 Å². The average Bonchev–Trinajstić information content (AvgIpc) is 3.33. The minimum absolute atomic E-state index is 0.0891. The molecule has 0 spiro atoms. The van der Waals surface area contributed by atoms with Crippen molar-refractivity contribution in [1.29, 1.82) is 0 Å². The van der Waals surface area contributed by atoms with Crippen molar-refractivity contribution in [3.05, 3.63) is 54.4 Å². The van der Waals surface area contributed by atoms with Gasteiger partial charge in [-0.1, -0.05) is 0 Å². The third-order valence-corrected chi connectivity index (χ3v) is 5.40. The van der Waals surface area contributed by atoms with Crippen LogP contribution in [0.4, 0.5) is 5.69 Å². The largest absolute Gasteiger partial charge is 0.497 e. The first kappa shape index (κ1) is 21.7. The minimum Gasteiger partial charge on any atom is -0.497 e. The summed E-state index contributed by atoms with van der Waals surface area (Å²) in [5.41, 5.74) is 3.49. The molecule has 1 aliphatic rings. The molecular weight excluding hydrogens is 408 g/mol. The van der Waals surface area contributed by atoms with Gasteiger partial charge in [-0.25, -0.2) is 0 Å². The van der Waals surface area contributed by atoms with E-state index in [2.05, 4.69) is 20.4 Å². The Morgan fingerprint density at radius 3 is 2.91 bits per heavy atom. The number of hydrogen-bond donors (Lipinski definition) is 2. The number of rotatable bonds is 8. The number of methoxy groups -OCH3 is 1. The quantitative estimate of drug-likeness (QED) is 0.564. The summed E-state index contributed by atoms with van der Waals surface area (Å²) in [6.07, 6.45) is 4.16. The highest BCUT2D eigenvalue weighted by molar-refractivity contribution is 5.93. The Morgan fingerprint density at radius 1 is 1.28 bits per heavy atom. The summed E-state index contributed by atoms with van der Waals surface area (Å²) in [4.78, 5) is 15.0. The number of carbonyl (C=O) groups is 1. The van der Waals surface area contributed by atoms with Crippen molar-refractivity contribution in [3.8, 4) is 28.4 Å². The molecule has 4 rings (SSSR count). The molecule has 0 saturated heterocycles. The predicted molar refractivity (Wildman–Crippen MR) is 122 cm³/mol. The fraction of sp³-hybridized carbons (Fsp3) is 0.333. The molecule has 1 unspecified atom stereocenters. The van der Waals surface area contributed by atoms with Gasteiger partial charge in [0.2, 0.25) is 5.91 Å². The van der Waals surface area contributed by atoms with Crippen molar-refractivity contribution < 1.29 is 19.0 Å². The molecule has 0 saturated carbocycles. The number of H-pyrrole nitrogens is 1. The van der Waals surface area contributed by atoms with Crippen molar-refractivity contribution in [2.45, 2.75) is 6.42 Å². The number of aromatic nitrogens is 2. The first-order valence-corrected chi connectivity index (χ1v) is 10.5. The van der Waals surface area contributed by atoms with Gasteiger partial charge in [0.1, 0.15) is 30.5 Å². The Bertz CT molecular complexity index is 1070. The Morgan fingerprint density at radius 2 is 2.16 bits per heavy atom. The van der Waals surface area contributed by atoms with Crippen LogP contribution in [-0.4, -0.2) is 62.0 Å². The molecule has 0 fully saturated rings. The van der Waals surface area contributed by atoms with Crippen LogP contribution >= 0.6 is 0 Å². The van der Waals surface area contributed by atoms with Gasteiger partial charge in [-0.05, 0) is 56.4 Å². The third kappa shape index (κ3) is 5.03. The van der Waals surface area contributed by atoms with Crippen molar-refractivity contribution >= 4 is 11.6 Å². The number of amides is 1. The highest BCUT2D eigenvalue weighted by Gasteiger charge is 2.26. The van der Waals surface area contributed by atoms with Gasteiger partial charge in [-0.15, -0.1) is 0 Å². The molecule has 2 aromatic carbocycles. The lowest BCUT2D eigenvalue weighted by Gasteiger charge is -2.25. The van der Waals surface area contributed by atoms with E-state index in [9.17, 15) is 4.79 Å². The van der Waals surface area contributed by atoms with Crippen molar-refractivity contribution in [2.75, 3.05) is 46.3 Å². The first-order chi connectivity index (χ1) is 15.5. The SMILES string of the molecule is COc1ccc2c(c1)CC(C(=O)Nc1ccc(-c3cn[nH]c3)c(OCCN(C)C)c1)CO2. The van der Waals surface area contributed by atoms with Crippen LogP contribution < -0.4 is 19.5 Å². The highest BCUT2D eigenvalue weighted by Crippen LogP contribution is 2.34. The molecule has 8 nitrogen and oxygen atoms in total. The average molecular weight is 437 g/mol. The normalized spacial score (nSPS) is 15.1. The lowest BCUT2D eigenvalue weighted by atomic mass is 9.95. The van der Waals surface area contributed by atoms with E-state index in [0.29, 0.717) is 31.1 Å². The number of anilines is 1. The van der Waals surface area contributed by atoms with E-state index < -0.39 is 0 Å². The molecular formula is C24H28N4O4. The zero-order chi connectivity index (χ0) is 22.5. The van der Waals surface area contributed by atoms with Gasteiger partial charge in [-0.3, -0.25) is 9.89 Å². The summed E-state index contributed by atoms with van der Waals surface area (Å²) in [6.45, 7) is 1.65. The Kier molecular flexibility index (Phi) is 6.61. The molecule has 2 N–H and O–H groups in total. The Labute approximate surface area is 187 Å². The van der Waals surface area contributed by atoms with Gasteiger partial charge in [0, 0.05) is 35.6 Å². The summed E-state index contributed by atoms with van der Waals surface area (Å²) in [6, 6.07) is 11.3. The Hall–Kier alpha value is -3.52. The number of likely N-dealkylation sites (N-methyl/N-ethyl adjacent to an activating group) is 1. The monoisotopic (exact) mass is 436 g/mol. The summed E-state index contributed by atoms with van der Waals surface area (Å²) >= 11 is 0. The topological polar surface area (TPSA) is 88.7 Å². The molecule has 2 heterocycles. The van der Waals surface area contributed by atoms with E-state index in [4.69, 9.17) is 14.2 Å². The van der Waals surface area contributed by atoms with Crippen molar-refractivity contribution in [1.82, 2.24) is 15.1 Å². The summed E-state index contributed by atoms with van der Waals surface area (Å²) in [5, 5.41) is 9.88. The van der Waals surface area contributed by atoms with E-state index in [1.807, 2.05) is 56.7 Å². The van der Waals surface area contributed by atoms with E-state index in [1.54, 1.807) is 13.3 Å². The molecule has 0 bridgehead atoms. The number of carbonyl (C=O) groups excluding carboxylic acids is 1. The van der Waals surface area contributed by atoms with Gasteiger partial charge >= 0.3 is 0 Å². The molecule has 1 aliphatic heterocycles. The molecule has 8 heteroatoms. The maximum atomic E-state index is 13.0. The number of benzene rings is 2. The second-order valence-electron chi connectivity index (χ2n) is 8.02. The molecule has 1 aromatic heterocycles. The van der Waals surface area contributed by atoms with Gasteiger partial charge in [-0.2, -0.15) is 5.10 Å². The van der Waals surface area contributed by atoms with Crippen LogP contribution in [0.2, 0.25) is 0 Å². The molecule has 0 aliphatic carbocycles. The predicted octanol–water partition coefficient (Wildman–Crippen LogP) is 3.22. The lowest BCUT2D eigenvalue weighted by molar-refractivity contribution is -0.121. The minimum atomic E-state index is -0.290. The second-order valence-corrected chi connectivity index (χ2v) is 8.02. The number of hydrogen-bond acceptors (Lipinski definition) is 6. The maximum absolute atomic E-state index is 13.0. The zero-order valence-electron chi connectivity index (χ0n) is 18.6. The fourth-order valence-corrected chi connectivity index (χ4v) is 3.60. The van der Waals surface area contributed by atoms with E-state index in [1.165, 1.54) is 0 Å². The molecule has 1 atom stereocenters. The number of nitrogens with one attached hydrogen (secondary N) is 2. The Balaban J connectivity index is 1.49. The third-order valence-electron chi connectivity index (χ3n) is 5.40. The van der Waals surface area contributed by atoms with E-state index in [-0.39, 0.29) is 11.8 Å². The molecule has 168 valence electrons.